The van der Waals surface area contributed by atoms with E-state index in [9.17, 15) is 4.39 Å². The van der Waals surface area contributed by atoms with Crippen LogP contribution >= 0.6 is 0 Å². The molecule has 0 saturated carbocycles. The Morgan fingerprint density at radius 3 is 2.54 bits per heavy atom. The standard InChI is InChI=1S/C10H14FNO/c1-10(7-12,13-2)8-5-3-4-6-9(8)11/h3-6H,7,12H2,1-2H3. The molecule has 0 aliphatic rings. The Bertz CT molecular complexity index is 284. The smallest absolute Gasteiger partial charge is 0.129 e. The summed E-state index contributed by atoms with van der Waals surface area (Å²) in [4.78, 5) is 0. The molecule has 13 heavy (non-hydrogen) atoms. The zero-order valence-electron chi connectivity index (χ0n) is 7.88. The van der Waals surface area contributed by atoms with Gasteiger partial charge in [0.25, 0.3) is 0 Å². The first-order valence-electron chi connectivity index (χ1n) is 4.14. The van der Waals surface area contributed by atoms with Gasteiger partial charge >= 0.3 is 0 Å². The molecule has 0 saturated heterocycles. The zero-order valence-corrected chi connectivity index (χ0v) is 7.88. The maximum atomic E-state index is 13.3. The van der Waals surface area contributed by atoms with Crippen LogP contribution in [0, 0.1) is 5.82 Å². The second-order valence-electron chi connectivity index (χ2n) is 3.12. The van der Waals surface area contributed by atoms with Crippen molar-refractivity contribution in [3.05, 3.63) is 35.6 Å². The number of hydrogen-bond acceptors (Lipinski definition) is 2. The normalized spacial score (nSPS) is 15.4. The predicted molar refractivity (Wildman–Crippen MR) is 49.8 cm³/mol. The number of benzene rings is 1. The van der Waals surface area contributed by atoms with E-state index in [4.69, 9.17) is 10.5 Å². The summed E-state index contributed by atoms with van der Waals surface area (Å²) < 4.78 is 18.5. The SMILES string of the molecule is COC(C)(CN)c1ccccc1F. The van der Waals surface area contributed by atoms with E-state index >= 15 is 0 Å². The van der Waals surface area contributed by atoms with E-state index in [1.54, 1.807) is 25.1 Å². The highest BCUT2D eigenvalue weighted by molar-refractivity contribution is 5.24. The lowest BCUT2D eigenvalue weighted by Crippen LogP contribution is -2.34. The lowest BCUT2D eigenvalue weighted by Gasteiger charge is -2.27. The highest BCUT2D eigenvalue weighted by atomic mass is 19.1. The quantitative estimate of drug-likeness (QED) is 0.773. The fourth-order valence-corrected chi connectivity index (χ4v) is 1.19. The number of halogens is 1. The van der Waals surface area contributed by atoms with Crippen molar-refractivity contribution < 1.29 is 9.13 Å². The van der Waals surface area contributed by atoms with E-state index in [0.717, 1.165) is 0 Å². The highest BCUT2D eigenvalue weighted by Crippen LogP contribution is 2.25. The monoisotopic (exact) mass is 183 g/mol. The molecule has 1 unspecified atom stereocenters. The van der Waals surface area contributed by atoms with Crippen molar-refractivity contribution >= 4 is 0 Å². The second-order valence-corrected chi connectivity index (χ2v) is 3.12. The first-order chi connectivity index (χ1) is 6.14. The highest BCUT2D eigenvalue weighted by Gasteiger charge is 2.26. The molecule has 3 heteroatoms. The third-order valence-corrected chi connectivity index (χ3v) is 2.28. The minimum absolute atomic E-state index is 0.254. The third-order valence-electron chi connectivity index (χ3n) is 2.28. The van der Waals surface area contributed by atoms with Crippen LogP contribution in [0.4, 0.5) is 4.39 Å². The number of ether oxygens (including phenoxy) is 1. The minimum atomic E-state index is -0.731. The van der Waals surface area contributed by atoms with E-state index in [1.807, 2.05) is 0 Å². The average molecular weight is 183 g/mol. The molecule has 2 N–H and O–H groups in total. The summed E-state index contributed by atoms with van der Waals surface area (Å²) in [6, 6.07) is 6.50. The lowest BCUT2D eigenvalue weighted by atomic mass is 9.95. The molecule has 0 heterocycles. The van der Waals surface area contributed by atoms with Crippen molar-refractivity contribution in [1.29, 1.82) is 0 Å². The number of hydrogen-bond donors (Lipinski definition) is 1. The Labute approximate surface area is 77.5 Å². The van der Waals surface area contributed by atoms with Crippen LogP contribution in [-0.2, 0) is 10.3 Å². The van der Waals surface area contributed by atoms with Crippen LogP contribution in [0.25, 0.3) is 0 Å². The summed E-state index contributed by atoms with van der Waals surface area (Å²) in [5.74, 6) is -0.280. The number of methoxy groups -OCH3 is 1. The Balaban J connectivity index is 3.12. The van der Waals surface area contributed by atoms with Crippen LogP contribution in [0.15, 0.2) is 24.3 Å². The van der Waals surface area contributed by atoms with Crippen molar-refractivity contribution in [2.45, 2.75) is 12.5 Å². The molecular weight excluding hydrogens is 169 g/mol. The van der Waals surface area contributed by atoms with Gasteiger partial charge in [-0.25, -0.2) is 4.39 Å². The van der Waals surface area contributed by atoms with Gasteiger partial charge in [0.15, 0.2) is 0 Å². The maximum Gasteiger partial charge on any atom is 0.129 e. The second kappa shape index (κ2) is 3.85. The summed E-state index contributed by atoms with van der Waals surface area (Å²) in [7, 11) is 1.53. The molecule has 0 fully saturated rings. The molecule has 0 spiro atoms. The first-order valence-corrected chi connectivity index (χ1v) is 4.14. The van der Waals surface area contributed by atoms with E-state index < -0.39 is 5.60 Å². The lowest BCUT2D eigenvalue weighted by molar-refractivity contribution is 0.00717. The molecule has 0 aliphatic carbocycles. The van der Waals surface area contributed by atoms with Crippen LogP contribution in [-0.4, -0.2) is 13.7 Å². The van der Waals surface area contributed by atoms with Gasteiger partial charge in [0.1, 0.15) is 11.4 Å². The van der Waals surface area contributed by atoms with Crippen LogP contribution in [0.2, 0.25) is 0 Å². The van der Waals surface area contributed by atoms with Crippen molar-refractivity contribution in [3.63, 3.8) is 0 Å². The van der Waals surface area contributed by atoms with E-state index in [-0.39, 0.29) is 12.4 Å². The van der Waals surface area contributed by atoms with Gasteiger partial charge in [-0.1, -0.05) is 18.2 Å². The van der Waals surface area contributed by atoms with Gasteiger partial charge in [0, 0.05) is 19.2 Å². The van der Waals surface area contributed by atoms with E-state index in [2.05, 4.69) is 0 Å². The van der Waals surface area contributed by atoms with Crippen LogP contribution in [0.1, 0.15) is 12.5 Å². The average Bonchev–Trinajstić information content (AvgIpc) is 2.17. The molecule has 1 rings (SSSR count). The summed E-state index contributed by atoms with van der Waals surface area (Å²) in [6.45, 7) is 2.02. The fourth-order valence-electron chi connectivity index (χ4n) is 1.19. The molecule has 0 amide bonds. The summed E-state index contributed by atoms with van der Waals surface area (Å²) in [5.41, 5.74) is 5.30. The summed E-state index contributed by atoms with van der Waals surface area (Å²) in [6.07, 6.45) is 0. The van der Waals surface area contributed by atoms with E-state index in [0.29, 0.717) is 5.56 Å². The molecular formula is C10H14FNO. The van der Waals surface area contributed by atoms with Crippen molar-refractivity contribution in [2.75, 3.05) is 13.7 Å². The van der Waals surface area contributed by atoms with Crippen LogP contribution in [0.3, 0.4) is 0 Å². The van der Waals surface area contributed by atoms with Gasteiger partial charge in [0.05, 0.1) is 0 Å². The molecule has 0 bridgehead atoms. The zero-order chi connectivity index (χ0) is 9.90. The predicted octanol–water partition coefficient (Wildman–Crippen LogP) is 1.65. The van der Waals surface area contributed by atoms with Crippen molar-refractivity contribution in [2.24, 2.45) is 5.73 Å². The maximum absolute atomic E-state index is 13.3. The Hall–Kier alpha value is -0.930. The van der Waals surface area contributed by atoms with Crippen LogP contribution in [0.5, 0.6) is 0 Å². The van der Waals surface area contributed by atoms with Gasteiger partial charge in [-0.3, -0.25) is 0 Å². The largest absolute Gasteiger partial charge is 0.372 e. The Morgan fingerprint density at radius 2 is 2.08 bits per heavy atom. The number of rotatable bonds is 3. The molecule has 1 aromatic carbocycles. The van der Waals surface area contributed by atoms with Crippen LogP contribution < -0.4 is 5.73 Å². The Kier molecular flexibility index (Phi) is 3.01. The molecule has 72 valence electrons. The Morgan fingerprint density at radius 1 is 1.46 bits per heavy atom. The third kappa shape index (κ3) is 1.87. The van der Waals surface area contributed by atoms with Gasteiger partial charge in [-0.15, -0.1) is 0 Å². The van der Waals surface area contributed by atoms with Crippen molar-refractivity contribution in [3.8, 4) is 0 Å². The van der Waals surface area contributed by atoms with Gasteiger partial charge in [-0.05, 0) is 13.0 Å². The first kappa shape index (κ1) is 10.2. The van der Waals surface area contributed by atoms with E-state index in [1.165, 1.54) is 13.2 Å². The van der Waals surface area contributed by atoms with Gasteiger partial charge in [-0.2, -0.15) is 0 Å². The molecule has 1 aromatic rings. The fraction of sp³-hybridized carbons (Fsp3) is 0.400. The van der Waals surface area contributed by atoms with Gasteiger partial charge in [0.2, 0.25) is 0 Å². The number of nitrogens with two attached hydrogens (primary N) is 1. The molecule has 0 aromatic heterocycles. The van der Waals surface area contributed by atoms with Crippen molar-refractivity contribution in [1.82, 2.24) is 0 Å². The summed E-state index contributed by atoms with van der Waals surface area (Å²) >= 11 is 0. The molecule has 0 radical (unpaired) electrons. The molecule has 0 aliphatic heterocycles. The molecule has 2 nitrogen and oxygen atoms in total. The minimum Gasteiger partial charge on any atom is -0.372 e. The topological polar surface area (TPSA) is 35.2 Å². The van der Waals surface area contributed by atoms with Gasteiger partial charge < -0.3 is 10.5 Å². The molecule has 1 atom stereocenters. The summed E-state index contributed by atoms with van der Waals surface area (Å²) in [5, 5.41) is 0.